The molecule has 0 unspecified atom stereocenters. The maximum Gasteiger partial charge on any atom is 0.250 e. The Morgan fingerprint density at radius 2 is 2.05 bits per heavy atom. The Morgan fingerprint density at radius 1 is 1.27 bits per heavy atom. The van der Waals surface area contributed by atoms with E-state index in [0.717, 1.165) is 23.4 Å². The molecule has 4 heteroatoms. The molecule has 3 nitrogen and oxygen atoms in total. The maximum absolute atomic E-state index is 11.9. The molecule has 22 heavy (non-hydrogen) atoms. The third-order valence-electron chi connectivity index (χ3n) is 3.11. The number of aromatic nitrogens is 1. The molecule has 2 aromatic rings. The molecule has 0 fully saturated rings. The summed E-state index contributed by atoms with van der Waals surface area (Å²) in [4.78, 5) is 17.2. The molecule has 1 aromatic heterocycles. The Balaban J connectivity index is 1.90. The lowest BCUT2D eigenvalue weighted by Crippen LogP contribution is -2.12. The first-order valence-corrected chi connectivity index (χ1v) is 8.27. The fourth-order valence-electron chi connectivity index (χ4n) is 1.91. The minimum atomic E-state index is -0.0439. The van der Waals surface area contributed by atoms with Crippen LogP contribution in [0.5, 0.6) is 0 Å². The second-order valence-electron chi connectivity index (χ2n) is 4.92. The fraction of sp³-hybridized carbons (Fsp3) is 0.222. The van der Waals surface area contributed by atoms with E-state index in [1.165, 1.54) is 10.5 Å². The molecular weight excluding hydrogens is 292 g/mol. The van der Waals surface area contributed by atoms with E-state index in [-0.39, 0.29) is 5.91 Å². The summed E-state index contributed by atoms with van der Waals surface area (Å²) in [5.41, 5.74) is 2.77. The van der Waals surface area contributed by atoms with Gasteiger partial charge in [0.2, 0.25) is 0 Å². The van der Waals surface area contributed by atoms with Gasteiger partial charge in [0, 0.05) is 34.3 Å². The number of hydrogen-bond donors (Lipinski definition) is 1. The Bertz CT molecular complexity index is 636. The highest BCUT2D eigenvalue weighted by Gasteiger charge is 2.04. The summed E-state index contributed by atoms with van der Waals surface area (Å²) in [5.74, 6) is 0.843. The second-order valence-corrected chi connectivity index (χ2v) is 5.97. The van der Waals surface area contributed by atoms with Crippen molar-refractivity contribution < 1.29 is 4.79 Å². The molecule has 0 saturated carbocycles. The second kappa shape index (κ2) is 8.39. The molecule has 0 saturated heterocycles. The number of amides is 1. The molecule has 0 bridgehead atoms. The fourth-order valence-corrected chi connectivity index (χ4v) is 2.75. The first-order chi connectivity index (χ1) is 10.7. The van der Waals surface area contributed by atoms with Crippen molar-refractivity contribution in [3.63, 3.8) is 0 Å². The summed E-state index contributed by atoms with van der Waals surface area (Å²) in [6.45, 7) is 3.85. The predicted octanol–water partition coefficient (Wildman–Crippen LogP) is 4.67. The topological polar surface area (TPSA) is 42.0 Å². The van der Waals surface area contributed by atoms with Gasteiger partial charge in [-0.1, -0.05) is 19.1 Å². The van der Waals surface area contributed by atoms with Crippen molar-refractivity contribution >= 4 is 23.4 Å². The van der Waals surface area contributed by atoms with Gasteiger partial charge in [-0.25, -0.2) is 0 Å². The summed E-state index contributed by atoms with van der Waals surface area (Å²) in [6.07, 6.45) is 6.45. The Hall–Kier alpha value is -2.07. The standard InChI is InChI=1S/C18H20N2OS/c1-3-5-14(2)18(21)20-16-7-9-17(10-8-16)22-13-15-6-4-11-19-12-15/h4-12H,3,13H2,1-2H3,(H,20,21)/b14-5-. The Morgan fingerprint density at radius 3 is 2.68 bits per heavy atom. The minimum Gasteiger partial charge on any atom is -0.322 e. The third kappa shape index (κ3) is 5.04. The number of rotatable bonds is 6. The molecule has 0 atom stereocenters. The van der Waals surface area contributed by atoms with Crippen LogP contribution in [0.25, 0.3) is 0 Å². The number of thioether (sulfide) groups is 1. The number of benzene rings is 1. The van der Waals surface area contributed by atoms with Crippen molar-refractivity contribution in [2.75, 3.05) is 5.32 Å². The zero-order valence-electron chi connectivity index (χ0n) is 12.9. The van der Waals surface area contributed by atoms with Gasteiger partial charge in [-0.2, -0.15) is 0 Å². The Labute approximate surface area is 135 Å². The molecule has 114 valence electrons. The monoisotopic (exact) mass is 312 g/mol. The summed E-state index contributed by atoms with van der Waals surface area (Å²) >= 11 is 1.75. The van der Waals surface area contributed by atoms with Gasteiger partial charge in [0.15, 0.2) is 0 Å². The quantitative estimate of drug-likeness (QED) is 0.622. The van der Waals surface area contributed by atoms with Crippen molar-refractivity contribution in [3.05, 3.63) is 66.0 Å². The van der Waals surface area contributed by atoms with Crippen LogP contribution in [0.4, 0.5) is 5.69 Å². The molecule has 0 aliphatic rings. The van der Waals surface area contributed by atoms with Crippen LogP contribution in [-0.2, 0) is 10.5 Å². The molecule has 1 amide bonds. The number of nitrogens with zero attached hydrogens (tertiary/aromatic N) is 1. The van der Waals surface area contributed by atoms with Crippen LogP contribution in [0.3, 0.4) is 0 Å². The SMILES string of the molecule is CC/C=C(/C)C(=O)Nc1ccc(SCc2cccnc2)cc1. The molecule has 0 aliphatic heterocycles. The van der Waals surface area contributed by atoms with Gasteiger partial charge in [0.25, 0.3) is 5.91 Å². The van der Waals surface area contributed by atoms with E-state index in [9.17, 15) is 4.79 Å². The van der Waals surface area contributed by atoms with E-state index in [1.807, 2.05) is 56.5 Å². The highest BCUT2D eigenvalue weighted by atomic mass is 32.2. The van der Waals surface area contributed by atoms with Crippen molar-refractivity contribution in [2.45, 2.75) is 30.9 Å². The van der Waals surface area contributed by atoms with E-state index in [2.05, 4.69) is 16.4 Å². The average Bonchev–Trinajstić information content (AvgIpc) is 2.55. The number of nitrogens with one attached hydrogen (secondary N) is 1. The van der Waals surface area contributed by atoms with Crippen molar-refractivity contribution in [3.8, 4) is 0 Å². The molecule has 1 N–H and O–H groups in total. The molecule has 1 aromatic carbocycles. The molecule has 1 heterocycles. The first-order valence-electron chi connectivity index (χ1n) is 7.29. The number of carbonyl (C=O) groups excluding carboxylic acids is 1. The maximum atomic E-state index is 11.9. The van der Waals surface area contributed by atoms with Gasteiger partial charge in [-0.15, -0.1) is 11.8 Å². The smallest absolute Gasteiger partial charge is 0.250 e. The number of hydrogen-bond acceptors (Lipinski definition) is 3. The van der Waals surface area contributed by atoms with E-state index in [4.69, 9.17) is 0 Å². The summed E-state index contributed by atoms with van der Waals surface area (Å²) in [5, 5.41) is 2.90. The van der Waals surface area contributed by atoms with Crippen LogP contribution in [0.2, 0.25) is 0 Å². The Kier molecular flexibility index (Phi) is 6.22. The van der Waals surface area contributed by atoms with E-state index in [1.54, 1.807) is 18.0 Å². The minimum absolute atomic E-state index is 0.0439. The number of allylic oxidation sites excluding steroid dienone is 1. The molecule has 2 rings (SSSR count). The predicted molar refractivity (Wildman–Crippen MR) is 92.9 cm³/mol. The van der Waals surface area contributed by atoms with E-state index < -0.39 is 0 Å². The number of carbonyl (C=O) groups is 1. The summed E-state index contributed by atoms with van der Waals surface area (Å²) in [7, 11) is 0. The van der Waals surface area contributed by atoms with Crippen LogP contribution in [0, 0.1) is 0 Å². The van der Waals surface area contributed by atoms with E-state index in [0.29, 0.717) is 0 Å². The molecule has 0 aliphatic carbocycles. The van der Waals surface area contributed by atoms with Crippen LogP contribution < -0.4 is 5.32 Å². The van der Waals surface area contributed by atoms with E-state index >= 15 is 0 Å². The van der Waals surface area contributed by atoms with Gasteiger partial charge in [-0.05, 0) is 49.2 Å². The number of anilines is 1. The van der Waals surface area contributed by atoms with Gasteiger partial charge in [0.1, 0.15) is 0 Å². The molecule has 0 spiro atoms. The zero-order chi connectivity index (χ0) is 15.8. The third-order valence-corrected chi connectivity index (χ3v) is 4.19. The number of pyridine rings is 1. The normalized spacial score (nSPS) is 11.3. The van der Waals surface area contributed by atoms with Crippen molar-refractivity contribution in [1.29, 1.82) is 0 Å². The van der Waals surface area contributed by atoms with Crippen LogP contribution in [0.1, 0.15) is 25.8 Å². The highest BCUT2D eigenvalue weighted by molar-refractivity contribution is 7.98. The van der Waals surface area contributed by atoms with Gasteiger partial charge in [-0.3, -0.25) is 9.78 Å². The largest absolute Gasteiger partial charge is 0.322 e. The van der Waals surface area contributed by atoms with Gasteiger partial charge >= 0.3 is 0 Å². The molecular formula is C18H20N2OS. The lowest BCUT2D eigenvalue weighted by molar-refractivity contribution is -0.112. The molecule has 0 radical (unpaired) electrons. The first kappa shape index (κ1) is 16.3. The van der Waals surface area contributed by atoms with Gasteiger partial charge in [0.05, 0.1) is 0 Å². The highest BCUT2D eigenvalue weighted by Crippen LogP contribution is 2.24. The van der Waals surface area contributed by atoms with Crippen LogP contribution in [-0.4, -0.2) is 10.9 Å². The lowest BCUT2D eigenvalue weighted by Gasteiger charge is -2.07. The van der Waals surface area contributed by atoms with Crippen molar-refractivity contribution in [2.24, 2.45) is 0 Å². The zero-order valence-corrected chi connectivity index (χ0v) is 13.7. The van der Waals surface area contributed by atoms with Crippen LogP contribution >= 0.6 is 11.8 Å². The van der Waals surface area contributed by atoms with Crippen LogP contribution in [0.15, 0.2) is 65.3 Å². The average molecular weight is 312 g/mol. The van der Waals surface area contributed by atoms with Gasteiger partial charge < -0.3 is 5.32 Å². The van der Waals surface area contributed by atoms with Crippen molar-refractivity contribution in [1.82, 2.24) is 4.98 Å². The lowest BCUT2D eigenvalue weighted by atomic mass is 10.2. The summed E-state index contributed by atoms with van der Waals surface area (Å²) in [6, 6.07) is 11.9. The summed E-state index contributed by atoms with van der Waals surface area (Å²) < 4.78 is 0.